The van der Waals surface area contributed by atoms with Crippen LogP contribution in [0.2, 0.25) is 0 Å². The zero-order valence-corrected chi connectivity index (χ0v) is 14.3. The van der Waals surface area contributed by atoms with Crippen molar-refractivity contribution >= 4 is 46.0 Å². The molecule has 0 spiro atoms. The molecule has 0 saturated heterocycles. The third-order valence-electron chi connectivity index (χ3n) is 2.56. The van der Waals surface area contributed by atoms with Gasteiger partial charge in [0.15, 0.2) is 0 Å². The number of rotatable bonds is 8. The maximum absolute atomic E-state index is 10.8. The zero-order valence-electron chi connectivity index (χ0n) is 10.8. The molecular weight excluding hydrogens is 385 g/mol. The predicted molar refractivity (Wildman–Crippen MR) is 77.6 cm³/mol. The van der Waals surface area contributed by atoms with Gasteiger partial charge in [-0.05, 0) is 0 Å². The number of hydrogen-bond donors (Lipinski definition) is 2. The van der Waals surface area contributed by atoms with Gasteiger partial charge in [-0.2, -0.15) is 0 Å². The molecule has 0 heterocycles. The maximum atomic E-state index is 10.8. The zero-order chi connectivity index (χ0) is 16.1. The molecule has 0 amide bonds. The Morgan fingerprint density at radius 2 is 1.33 bits per heavy atom. The van der Waals surface area contributed by atoms with E-state index in [1.165, 1.54) is 4.90 Å². The summed E-state index contributed by atoms with van der Waals surface area (Å²) in [6.07, 6.45) is 0. The van der Waals surface area contributed by atoms with Gasteiger partial charge in [-0.1, -0.05) is 0 Å². The van der Waals surface area contributed by atoms with Crippen LogP contribution in [0.1, 0.15) is 0 Å². The SMILES string of the molecule is O=[As]c1ccc(N(CCS(=O)(=O)O)CCS(=O)(=O)O)cc1. The summed E-state index contributed by atoms with van der Waals surface area (Å²) >= 11 is -1.18. The van der Waals surface area contributed by atoms with Crippen molar-refractivity contribution in [2.24, 2.45) is 0 Å². The van der Waals surface area contributed by atoms with Crippen LogP contribution in [0.25, 0.3) is 0 Å². The second-order valence-electron chi connectivity index (χ2n) is 4.17. The van der Waals surface area contributed by atoms with E-state index in [0.29, 0.717) is 10.0 Å². The molecule has 11 heteroatoms. The third kappa shape index (κ3) is 7.68. The number of hydrogen-bond acceptors (Lipinski definition) is 6. The molecule has 21 heavy (non-hydrogen) atoms. The molecule has 0 unspecified atom stereocenters. The van der Waals surface area contributed by atoms with Gasteiger partial charge >= 0.3 is 129 Å². The number of benzene rings is 1. The van der Waals surface area contributed by atoms with E-state index >= 15 is 0 Å². The molecule has 0 saturated carbocycles. The van der Waals surface area contributed by atoms with Crippen LogP contribution in [0.3, 0.4) is 0 Å². The van der Waals surface area contributed by atoms with Crippen LogP contribution in [-0.2, 0) is 24.0 Å². The molecule has 0 atom stereocenters. The van der Waals surface area contributed by atoms with Gasteiger partial charge in [0.25, 0.3) is 0 Å². The van der Waals surface area contributed by atoms with Crippen molar-refractivity contribution in [3.8, 4) is 0 Å². The van der Waals surface area contributed by atoms with Crippen LogP contribution >= 0.6 is 0 Å². The first-order valence-corrected chi connectivity index (χ1v) is 10.6. The molecule has 0 aromatic heterocycles. The molecule has 1 aromatic carbocycles. The second kappa shape index (κ2) is 7.46. The molecule has 2 N–H and O–H groups in total. The Morgan fingerprint density at radius 3 is 1.67 bits per heavy atom. The average Bonchev–Trinajstić information content (AvgIpc) is 2.36. The van der Waals surface area contributed by atoms with Gasteiger partial charge in [0.1, 0.15) is 0 Å². The molecule has 118 valence electrons. The molecule has 1 aromatic rings. The Morgan fingerprint density at radius 1 is 0.905 bits per heavy atom. The summed E-state index contributed by atoms with van der Waals surface area (Å²) in [4.78, 5) is 1.40. The fourth-order valence-corrected chi connectivity index (χ4v) is 3.02. The quantitative estimate of drug-likeness (QED) is 0.418. The first kappa shape index (κ1) is 18.2. The van der Waals surface area contributed by atoms with E-state index in [2.05, 4.69) is 0 Å². The summed E-state index contributed by atoms with van der Waals surface area (Å²) in [6, 6.07) is 6.29. The van der Waals surface area contributed by atoms with E-state index < -0.39 is 47.4 Å². The fraction of sp³-hybridized carbons (Fsp3) is 0.400. The Bertz CT molecular complexity index is 649. The number of anilines is 1. The minimum atomic E-state index is -4.19. The van der Waals surface area contributed by atoms with Gasteiger partial charge in [0, 0.05) is 0 Å². The Kier molecular flexibility index (Phi) is 6.48. The van der Waals surface area contributed by atoms with Gasteiger partial charge in [-0.15, -0.1) is 0 Å². The van der Waals surface area contributed by atoms with Crippen molar-refractivity contribution in [1.82, 2.24) is 0 Å². The van der Waals surface area contributed by atoms with E-state index in [-0.39, 0.29) is 13.1 Å². The summed E-state index contributed by atoms with van der Waals surface area (Å²) in [5, 5.41) is 0. The van der Waals surface area contributed by atoms with E-state index in [1.54, 1.807) is 24.3 Å². The summed E-state index contributed by atoms with van der Waals surface area (Å²) in [6.45, 7) is -0.280. The van der Waals surface area contributed by atoms with Crippen LogP contribution in [0, 0.1) is 0 Å². The Labute approximate surface area is 129 Å². The number of nitrogens with zero attached hydrogens (tertiary/aromatic N) is 1. The first-order valence-electron chi connectivity index (χ1n) is 5.69. The van der Waals surface area contributed by atoms with E-state index in [1.807, 2.05) is 0 Å². The second-order valence-corrected chi connectivity index (χ2v) is 8.78. The summed E-state index contributed by atoms with van der Waals surface area (Å²) in [5.74, 6) is -1.15. The third-order valence-corrected chi connectivity index (χ3v) is 5.02. The molecule has 0 fully saturated rings. The summed E-state index contributed by atoms with van der Waals surface area (Å²) < 4.78 is 72.1. The van der Waals surface area contributed by atoms with Gasteiger partial charge < -0.3 is 0 Å². The van der Waals surface area contributed by atoms with Crippen molar-refractivity contribution < 1.29 is 29.7 Å². The van der Waals surface area contributed by atoms with Crippen molar-refractivity contribution in [2.45, 2.75) is 0 Å². The Balaban J connectivity index is 2.90. The molecular formula is C10H14AsNO7S2. The van der Waals surface area contributed by atoms with Crippen LogP contribution in [-0.4, -0.2) is 66.2 Å². The van der Waals surface area contributed by atoms with Crippen molar-refractivity contribution in [3.63, 3.8) is 0 Å². The monoisotopic (exact) mass is 399 g/mol. The molecule has 8 nitrogen and oxygen atoms in total. The van der Waals surface area contributed by atoms with Crippen LogP contribution in [0.4, 0.5) is 5.69 Å². The van der Waals surface area contributed by atoms with Gasteiger partial charge in [0.05, 0.1) is 0 Å². The first-order chi connectivity index (χ1) is 9.61. The summed E-state index contributed by atoms with van der Waals surface area (Å²) in [7, 11) is -8.39. The van der Waals surface area contributed by atoms with Crippen LogP contribution in [0.15, 0.2) is 24.3 Å². The van der Waals surface area contributed by atoms with Crippen LogP contribution in [0.5, 0.6) is 0 Å². The average molecular weight is 399 g/mol. The predicted octanol–water partition coefficient (Wildman–Crippen LogP) is -1.06. The minimum absolute atomic E-state index is 0.140. The van der Waals surface area contributed by atoms with Crippen LogP contribution < -0.4 is 9.25 Å². The normalized spacial score (nSPS) is 12.5. The van der Waals surface area contributed by atoms with Crippen molar-refractivity contribution in [3.05, 3.63) is 24.3 Å². The fourth-order valence-electron chi connectivity index (χ4n) is 1.55. The van der Waals surface area contributed by atoms with Crippen molar-refractivity contribution in [1.29, 1.82) is 0 Å². The summed E-state index contributed by atoms with van der Waals surface area (Å²) in [5.41, 5.74) is 0.501. The van der Waals surface area contributed by atoms with E-state index in [9.17, 15) is 20.6 Å². The van der Waals surface area contributed by atoms with Crippen molar-refractivity contribution in [2.75, 3.05) is 29.5 Å². The van der Waals surface area contributed by atoms with E-state index in [4.69, 9.17) is 9.11 Å². The molecule has 0 aliphatic heterocycles. The standard InChI is InChI=1S/C10H14AsNO7S2/c13-11-9-1-3-10(4-2-9)12(5-7-20(14,15)16)6-8-21(17,18)19/h1-4H,5-8H2,(H,14,15,16)(H,17,18,19). The topological polar surface area (TPSA) is 129 Å². The van der Waals surface area contributed by atoms with Gasteiger partial charge in [-0.3, -0.25) is 0 Å². The molecule has 0 aliphatic carbocycles. The van der Waals surface area contributed by atoms with Gasteiger partial charge in [-0.25, -0.2) is 0 Å². The molecule has 0 bridgehead atoms. The molecule has 0 aliphatic rings. The van der Waals surface area contributed by atoms with Gasteiger partial charge in [0.2, 0.25) is 0 Å². The van der Waals surface area contributed by atoms with E-state index in [0.717, 1.165) is 0 Å². The Hall–Kier alpha value is -0.802. The molecule has 1 rings (SSSR count). The molecule has 0 radical (unpaired) electrons.